The molecule has 258 valence electrons. The number of aromatic nitrogens is 2. The summed E-state index contributed by atoms with van der Waals surface area (Å²) in [5, 5.41) is 15.3. The predicted molar refractivity (Wildman–Crippen MR) is 188 cm³/mol. The van der Waals surface area contributed by atoms with E-state index in [1.807, 2.05) is 24.3 Å². The molecule has 2 amide bonds. The number of amides is 2. The van der Waals surface area contributed by atoms with E-state index in [2.05, 4.69) is 54.9 Å². The highest BCUT2D eigenvalue weighted by Gasteiger charge is 2.21. The third kappa shape index (κ3) is 12.3. The first-order valence-corrected chi connectivity index (χ1v) is 15.8. The molecule has 0 radical (unpaired) electrons. The van der Waals surface area contributed by atoms with Gasteiger partial charge in [0.1, 0.15) is 0 Å². The molecule has 15 nitrogen and oxygen atoms in total. The lowest BCUT2D eigenvalue weighted by Crippen LogP contribution is -2.44. The van der Waals surface area contributed by atoms with E-state index in [-0.39, 0.29) is 46.7 Å². The van der Waals surface area contributed by atoms with Crippen molar-refractivity contribution in [2.45, 2.75) is 57.3 Å². The number of methoxy groups -OCH3 is 1. The van der Waals surface area contributed by atoms with Crippen molar-refractivity contribution in [2.24, 2.45) is 27.2 Å². The molecule has 3 rings (SSSR count). The van der Waals surface area contributed by atoms with Crippen LogP contribution in [0.2, 0.25) is 5.15 Å². The number of aliphatic imine (C=N–C) groups is 2. The van der Waals surface area contributed by atoms with Gasteiger partial charge in [0.25, 0.3) is 5.91 Å². The number of carbonyl (C=O) groups is 2. The maximum absolute atomic E-state index is 12.6. The molecule has 1 aromatic heterocycles. The van der Waals surface area contributed by atoms with Crippen molar-refractivity contribution in [3.8, 4) is 11.1 Å². The number of nitrogen functional groups attached to an aromatic ring is 2. The molecule has 48 heavy (non-hydrogen) atoms. The lowest BCUT2D eigenvalue weighted by Gasteiger charge is -2.22. The molecule has 0 fully saturated rings. The monoisotopic (exact) mass is 681 g/mol. The molecule has 13 N–H and O–H groups in total. The summed E-state index contributed by atoms with van der Waals surface area (Å²) in [6.45, 7) is 0.825. The number of nitrogens with one attached hydrogen (secondary N) is 2. The quantitative estimate of drug-likeness (QED) is 0.0437. The molecule has 0 saturated heterocycles. The summed E-state index contributed by atoms with van der Waals surface area (Å²) < 4.78 is 5.01. The Labute approximate surface area is 284 Å². The maximum Gasteiger partial charge on any atom is 0.280 e. The predicted octanol–water partition coefficient (Wildman–Crippen LogP) is 1.46. The number of aryl methyl sites for hydroxylation is 2. The van der Waals surface area contributed by atoms with Crippen LogP contribution in [-0.4, -0.2) is 71.3 Å². The summed E-state index contributed by atoms with van der Waals surface area (Å²) >= 11 is 5.82. The van der Waals surface area contributed by atoms with Crippen LogP contribution in [-0.2, 0) is 22.4 Å². The van der Waals surface area contributed by atoms with Crippen LogP contribution >= 0.6 is 11.6 Å². The average molecular weight is 682 g/mol. The lowest BCUT2D eigenvalue weighted by atomic mass is 9.99. The minimum absolute atomic E-state index is 0.000742. The van der Waals surface area contributed by atoms with Gasteiger partial charge in [0.2, 0.25) is 5.91 Å². The third-order valence-corrected chi connectivity index (χ3v) is 7.58. The first-order valence-electron chi connectivity index (χ1n) is 15.4. The minimum atomic E-state index is -1.13. The van der Waals surface area contributed by atoms with Crippen molar-refractivity contribution in [3.63, 3.8) is 0 Å². The Morgan fingerprint density at radius 1 is 0.875 bits per heavy atom. The topological polar surface area (TPSA) is 268 Å². The van der Waals surface area contributed by atoms with Gasteiger partial charge >= 0.3 is 0 Å². The summed E-state index contributed by atoms with van der Waals surface area (Å²) in [6, 6.07) is 15.9. The average Bonchev–Trinajstić information content (AvgIpc) is 3.06. The van der Waals surface area contributed by atoms with Gasteiger partial charge in [-0.05, 0) is 60.8 Å². The van der Waals surface area contributed by atoms with Gasteiger partial charge in [0.05, 0.1) is 6.04 Å². The van der Waals surface area contributed by atoms with Crippen LogP contribution in [0.5, 0.6) is 0 Å². The number of ether oxygens (including phenoxy) is 1. The van der Waals surface area contributed by atoms with Gasteiger partial charge in [-0.2, -0.15) is 0 Å². The van der Waals surface area contributed by atoms with E-state index in [0.29, 0.717) is 32.4 Å². The maximum atomic E-state index is 12.6. The highest BCUT2D eigenvalue weighted by molar-refractivity contribution is 6.31. The summed E-state index contributed by atoms with van der Waals surface area (Å²) in [7, 11) is 1.38. The summed E-state index contributed by atoms with van der Waals surface area (Å²) in [5.41, 5.74) is 31.9. The number of unbranched alkanes of at least 4 members (excludes halogenated alkanes) is 1. The number of guanidine groups is 2. The molecular formula is C32H44ClN11O4. The van der Waals surface area contributed by atoms with Gasteiger partial charge in [-0.15, -0.1) is 0 Å². The number of carbonyl (C=O) groups excluding carboxylic acids is 2. The summed E-state index contributed by atoms with van der Waals surface area (Å²) in [4.78, 5) is 40.6. The van der Waals surface area contributed by atoms with Crippen molar-refractivity contribution in [3.05, 3.63) is 70.5 Å². The minimum Gasteiger partial charge on any atom is -0.382 e. The van der Waals surface area contributed by atoms with Gasteiger partial charge in [-0.25, -0.2) is 9.97 Å². The van der Waals surface area contributed by atoms with Crippen molar-refractivity contribution >= 4 is 47.0 Å². The zero-order valence-corrected chi connectivity index (χ0v) is 27.6. The highest BCUT2D eigenvalue weighted by Crippen LogP contribution is 2.22. The SMILES string of the molecule is COC(O)[C@H](CCCN=C(N)N)NC(=O)CCc1ccc(-c2ccc(CCCCN=C(N)NC(=O)c3nc(Cl)c(N)nc3N)cc2)cc1. The molecule has 1 heterocycles. The third-order valence-electron chi connectivity index (χ3n) is 7.30. The molecule has 2 aromatic carbocycles. The number of nitrogens with two attached hydrogens (primary N) is 5. The summed E-state index contributed by atoms with van der Waals surface area (Å²) in [5.74, 6) is -1.15. The molecule has 1 unspecified atom stereocenters. The highest BCUT2D eigenvalue weighted by atomic mass is 35.5. The van der Waals surface area contributed by atoms with Crippen LogP contribution in [0, 0.1) is 0 Å². The number of halogens is 1. The van der Waals surface area contributed by atoms with E-state index in [1.54, 1.807) is 0 Å². The van der Waals surface area contributed by atoms with E-state index in [0.717, 1.165) is 36.0 Å². The molecule has 2 atom stereocenters. The zero-order valence-electron chi connectivity index (χ0n) is 26.9. The van der Waals surface area contributed by atoms with Crippen molar-refractivity contribution in [1.82, 2.24) is 20.6 Å². The Hall–Kier alpha value is -4.99. The molecule has 0 saturated carbocycles. The number of benzene rings is 2. The van der Waals surface area contributed by atoms with E-state index < -0.39 is 18.2 Å². The number of anilines is 2. The van der Waals surface area contributed by atoms with Crippen LogP contribution in [0.4, 0.5) is 11.6 Å². The molecule has 16 heteroatoms. The van der Waals surface area contributed by atoms with Crippen LogP contribution in [0.3, 0.4) is 0 Å². The fraction of sp³-hybridized carbons (Fsp3) is 0.375. The molecule has 0 spiro atoms. The molecule has 3 aromatic rings. The molecule has 0 aliphatic heterocycles. The van der Waals surface area contributed by atoms with Crippen LogP contribution in [0.25, 0.3) is 11.1 Å². The van der Waals surface area contributed by atoms with Crippen LogP contribution < -0.4 is 39.3 Å². The molecule has 0 aliphatic carbocycles. The van der Waals surface area contributed by atoms with Gasteiger partial charge in [0.15, 0.2) is 40.7 Å². The Balaban J connectivity index is 1.40. The lowest BCUT2D eigenvalue weighted by molar-refractivity contribution is -0.130. The standard InChI is InChI=1S/C32H44ClN11O4/c1-48-30(47)23(6-4-18-39-31(36)37)41-24(45)16-11-20-9-14-22(15-10-20)21-12-7-19(8-13-21)5-2-3-17-40-32(38)44-29(46)25-27(34)43-28(35)26(33)42-25/h7-10,12-15,23,30,47H,2-6,11,16-18H2,1H3,(H,41,45)(H4,34,35,43)(H4,36,37,39)(H3,38,40,44,46)/t23-,30?/m0/s1. The van der Waals surface area contributed by atoms with Crippen LogP contribution in [0.15, 0.2) is 58.5 Å². The van der Waals surface area contributed by atoms with E-state index in [9.17, 15) is 14.7 Å². The number of hydrogen-bond acceptors (Lipinski definition) is 10. The summed E-state index contributed by atoms with van der Waals surface area (Å²) in [6.07, 6.45) is 3.24. The number of hydrogen-bond donors (Lipinski definition) is 8. The zero-order chi connectivity index (χ0) is 35.1. The number of aliphatic hydroxyl groups excluding tert-OH is 1. The fourth-order valence-corrected chi connectivity index (χ4v) is 4.83. The van der Waals surface area contributed by atoms with Crippen LogP contribution in [0.1, 0.15) is 53.7 Å². The number of nitrogens with zero attached hydrogens (tertiary/aromatic N) is 4. The smallest absolute Gasteiger partial charge is 0.280 e. The molecule has 0 aliphatic rings. The number of aliphatic hydroxyl groups is 1. The van der Waals surface area contributed by atoms with Crippen molar-refractivity contribution in [1.29, 1.82) is 0 Å². The van der Waals surface area contributed by atoms with Gasteiger partial charge in [-0.3, -0.25) is 24.9 Å². The van der Waals surface area contributed by atoms with Crippen molar-refractivity contribution in [2.75, 3.05) is 31.7 Å². The second kappa shape index (κ2) is 19.0. The second-order valence-electron chi connectivity index (χ2n) is 11.0. The Morgan fingerprint density at radius 3 is 2.08 bits per heavy atom. The Bertz CT molecular complexity index is 1560. The van der Waals surface area contributed by atoms with E-state index in [1.165, 1.54) is 12.7 Å². The fourth-order valence-electron chi connectivity index (χ4n) is 4.70. The van der Waals surface area contributed by atoms with Gasteiger partial charge in [0, 0.05) is 26.6 Å². The largest absolute Gasteiger partial charge is 0.382 e. The molecule has 0 bridgehead atoms. The first-order chi connectivity index (χ1) is 23.0. The van der Waals surface area contributed by atoms with Gasteiger partial charge in [-0.1, -0.05) is 60.1 Å². The van der Waals surface area contributed by atoms with E-state index >= 15 is 0 Å². The Morgan fingerprint density at radius 2 is 1.48 bits per heavy atom. The van der Waals surface area contributed by atoms with E-state index in [4.69, 9.17) is 45.0 Å². The normalized spacial score (nSPS) is 12.6. The Kier molecular flexibility index (Phi) is 14.8. The second-order valence-corrected chi connectivity index (χ2v) is 11.3. The van der Waals surface area contributed by atoms with Gasteiger partial charge < -0.3 is 43.8 Å². The van der Waals surface area contributed by atoms with Crippen molar-refractivity contribution < 1.29 is 19.4 Å². The first kappa shape index (κ1) is 37.5. The molecular weight excluding hydrogens is 638 g/mol. The number of rotatable bonds is 17.